The highest BCUT2D eigenvalue weighted by Crippen LogP contribution is 2.23. The number of hydrogen-bond donors (Lipinski definition) is 1. The molecular formula is C11H8BrClN2OS. The molecule has 0 radical (unpaired) electrons. The molecule has 0 aliphatic heterocycles. The first kappa shape index (κ1) is 12.5. The maximum Gasteiger partial charge on any atom is 0.251 e. The van der Waals surface area contributed by atoms with E-state index in [4.69, 9.17) is 11.6 Å². The summed E-state index contributed by atoms with van der Waals surface area (Å²) < 4.78 is 0.773. The van der Waals surface area contributed by atoms with E-state index in [9.17, 15) is 4.79 Å². The second-order valence-corrected chi connectivity index (χ2v) is 5.27. The summed E-state index contributed by atoms with van der Waals surface area (Å²) in [5.41, 5.74) is 3.12. The number of thiazole rings is 1. The average molecular weight is 332 g/mol. The summed E-state index contributed by atoms with van der Waals surface area (Å²) in [6, 6.07) is 5.09. The minimum atomic E-state index is -0.160. The van der Waals surface area contributed by atoms with Crippen LogP contribution >= 0.6 is 38.9 Å². The van der Waals surface area contributed by atoms with Crippen LogP contribution < -0.4 is 5.32 Å². The van der Waals surface area contributed by atoms with Crippen LogP contribution in [0.3, 0.4) is 0 Å². The van der Waals surface area contributed by atoms with E-state index in [0.717, 1.165) is 10.2 Å². The third-order valence-corrected chi connectivity index (χ3v) is 3.96. The Balaban J connectivity index is 2.02. The lowest BCUT2D eigenvalue weighted by atomic mass is 10.2. The maximum atomic E-state index is 11.8. The summed E-state index contributed by atoms with van der Waals surface area (Å²) in [5.74, 6) is -0.160. The quantitative estimate of drug-likeness (QED) is 0.935. The van der Waals surface area contributed by atoms with Crippen LogP contribution in [0.25, 0.3) is 0 Å². The van der Waals surface area contributed by atoms with Gasteiger partial charge >= 0.3 is 0 Å². The molecule has 1 N–H and O–H groups in total. The van der Waals surface area contributed by atoms with Crippen LogP contribution in [0, 0.1) is 0 Å². The topological polar surface area (TPSA) is 42.0 Å². The van der Waals surface area contributed by atoms with Crippen molar-refractivity contribution in [1.82, 2.24) is 10.3 Å². The molecule has 1 aromatic carbocycles. The molecule has 3 nitrogen and oxygen atoms in total. The zero-order valence-corrected chi connectivity index (χ0v) is 11.8. The molecule has 0 aliphatic rings. The Morgan fingerprint density at radius 3 is 3.00 bits per heavy atom. The minimum absolute atomic E-state index is 0.160. The lowest BCUT2D eigenvalue weighted by Crippen LogP contribution is -2.22. The van der Waals surface area contributed by atoms with Gasteiger partial charge in [-0.3, -0.25) is 4.79 Å². The minimum Gasteiger partial charge on any atom is -0.346 e. The third-order valence-electron chi connectivity index (χ3n) is 2.10. The second-order valence-electron chi connectivity index (χ2n) is 3.29. The van der Waals surface area contributed by atoms with Crippen LogP contribution in [0.5, 0.6) is 0 Å². The van der Waals surface area contributed by atoms with Crippen molar-refractivity contribution in [2.45, 2.75) is 6.54 Å². The summed E-state index contributed by atoms with van der Waals surface area (Å²) >= 11 is 10.7. The van der Waals surface area contributed by atoms with Crippen molar-refractivity contribution in [1.29, 1.82) is 0 Å². The van der Waals surface area contributed by atoms with Gasteiger partial charge in [0.15, 0.2) is 0 Å². The standard InChI is InChI=1S/C11H8BrClN2OS/c12-9-2-1-7(3-10(9)13)11(16)14-4-8-5-17-6-15-8/h1-3,5-6H,4H2,(H,14,16). The highest BCUT2D eigenvalue weighted by molar-refractivity contribution is 9.10. The first-order valence-corrected chi connectivity index (χ1v) is 6.88. The van der Waals surface area contributed by atoms with Gasteiger partial charge in [0.1, 0.15) is 0 Å². The van der Waals surface area contributed by atoms with E-state index >= 15 is 0 Å². The predicted octanol–water partition coefficient (Wildman–Crippen LogP) is 3.49. The number of benzene rings is 1. The molecule has 0 aliphatic carbocycles. The number of rotatable bonds is 3. The van der Waals surface area contributed by atoms with E-state index in [1.54, 1.807) is 23.7 Å². The van der Waals surface area contributed by atoms with Gasteiger partial charge < -0.3 is 5.32 Å². The molecule has 88 valence electrons. The first-order valence-electron chi connectivity index (χ1n) is 4.77. The molecule has 0 bridgehead atoms. The fraction of sp³-hybridized carbons (Fsp3) is 0.0909. The summed E-state index contributed by atoms with van der Waals surface area (Å²) in [7, 11) is 0. The molecule has 1 heterocycles. The summed E-state index contributed by atoms with van der Waals surface area (Å²) in [5, 5.41) is 5.20. The van der Waals surface area contributed by atoms with Crippen LogP contribution in [0.4, 0.5) is 0 Å². The fourth-order valence-corrected chi connectivity index (χ4v) is 2.22. The molecule has 0 unspecified atom stereocenters. The molecule has 0 fully saturated rings. The summed E-state index contributed by atoms with van der Waals surface area (Å²) in [6.07, 6.45) is 0. The Labute approximate surface area is 116 Å². The lowest BCUT2D eigenvalue weighted by Gasteiger charge is -2.04. The van der Waals surface area contributed by atoms with Crippen molar-refractivity contribution in [2.24, 2.45) is 0 Å². The Kier molecular flexibility index (Phi) is 4.15. The molecule has 2 aromatic rings. The predicted molar refractivity (Wildman–Crippen MR) is 72.4 cm³/mol. The molecule has 1 amide bonds. The van der Waals surface area contributed by atoms with E-state index in [1.165, 1.54) is 11.3 Å². The van der Waals surface area contributed by atoms with Crippen molar-refractivity contribution in [3.05, 3.63) is 49.8 Å². The van der Waals surface area contributed by atoms with Crippen molar-refractivity contribution >= 4 is 44.8 Å². The van der Waals surface area contributed by atoms with Gasteiger partial charge in [0.25, 0.3) is 5.91 Å². The van der Waals surface area contributed by atoms with Gasteiger partial charge in [0.05, 0.1) is 22.8 Å². The third kappa shape index (κ3) is 3.28. The van der Waals surface area contributed by atoms with Crippen molar-refractivity contribution in [2.75, 3.05) is 0 Å². The van der Waals surface area contributed by atoms with E-state index in [-0.39, 0.29) is 5.91 Å². The monoisotopic (exact) mass is 330 g/mol. The Bertz CT molecular complexity index is 530. The zero-order valence-electron chi connectivity index (χ0n) is 8.61. The number of hydrogen-bond acceptors (Lipinski definition) is 3. The Morgan fingerprint density at radius 1 is 1.53 bits per heavy atom. The number of nitrogens with zero attached hydrogens (tertiary/aromatic N) is 1. The van der Waals surface area contributed by atoms with Crippen molar-refractivity contribution < 1.29 is 4.79 Å². The van der Waals surface area contributed by atoms with Gasteiger partial charge in [-0.15, -0.1) is 11.3 Å². The largest absolute Gasteiger partial charge is 0.346 e. The molecule has 6 heteroatoms. The van der Waals surface area contributed by atoms with Gasteiger partial charge in [-0.25, -0.2) is 4.98 Å². The number of aromatic nitrogens is 1. The molecule has 0 atom stereocenters. The van der Waals surface area contributed by atoms with Crippen LogP contribution in [-0.2, 0) is 6.54 Å². The molecule has 2 rings (SSSR count). The van der Waals surface area contributed by atoms with Gasteiger partial charge in [0.2, 0.25) is 0 Å². The normalized spacial score (nSPS) is 10.2. The summed E-state index contributed by atoms with van der Waals surface area (Å²) in [4.78, 5) is 15.9. The number of carbonyl (C=O) groups excluding carboxylic acids is 1. The first-order chi connectivity index (χ1) is 8.16. The molecule has 1 aromatic heterocycles. The zero-order chi connectivity index (χ0) is 12.3. The number of nitrogens with one attached hydrogen (secondary N) is 1. The number of halogens is 2. The van der Waals surface area contributed by atoms with Gasteiger partial charge in [0, 0.05) is 15.4 Å². The highest BCUT2D eigenvalue weighted by atomic mass is 79.9. The second kappa shape index (κ2) is 5.62. The number of amides is 1. The Hall–Kier alpha value is -0.910. The van der Waals surface area contributed by atoms with Crippen molar-refractivity contribution in [3.63, 3.8) is 0 Å². The van der Waals surface area contributed by atoms with Gasteiger partial charge in [-0.1, -0.05) is 11.6 Å². The van der Waals surface area contributed by atoms with Crippen LogP contribution in [0.1, 0.15) is 16.1 Å². The lowest BCUT2D eigenvalue weighted by molar-refractivity contribution is 0.0950. The number of carbonyl (C=O) groups is 1. The van der Waals surface area contributed by atoms with Gasteiger partial charge in [-0.2, -0.15) is 0 Å². The molecule has 0 saturated heterocycles. The Morgan fingerprint density at radius 2 is 2.35 bits per heavy atom. The highest BCUT2D eigenvalue weighted by Gasteiger charge is 2.07. The fourth-order valence-electron chi connectivity index (χ4n) is 1.24. The van der Waals surface area contributed by atoms with E-state index in [0.29, 0.717) is 17.1 Å². The van der Waals surface area contributed by atoms with Crippen LogP contribution in [0.2, 0.25) is 5.02 Å². The van der Waals surface area contributed by atoms with Crippen LogP contribution in [0.15, 0.2) is 33.6 Å². The SMILES string of the molecule is O=C(NCc1cscn1)c1ccc(Br)c(Cl)c1. The van der Waals surface area contributed by atoms with Gasteiger partial charge in [-0.05, 0) is 34.1 Å². The smallest absolute Gasteiger partial charge is 0.251 e. The van der Waals surface area contributed by atoms with E-state index in [1.807, 2.05) is 5.38 Å². The summed E-state index contributed by atoms with van der Waals surface area (Å²) in [6.45, 7) is 0.427. The van der Waals surface area contributed by atoms with E-state index < -0.39 is 0 Å². The van der Waals surface area contributed by atoms with Crippen LogP contribution in [-0.4, -0.2) is 10.9 Å². The van der Waals surface area contributed by atoms with Crippen molar-refractivity contribution in [3.8, 4) is 0 Å². The molecule has 17 heavy (non-hydrogen) atoms. The average Bonchev–Trinajstić information content (AvgIpc) is 2.82. The van der Waals surface area contributed by atoms with E-state index in [2.05, 4.69) is 26.2 Å². The molecular weight excluding hydrogens is 324 g/mol. The maximum absolute atomic E-state index is 11.8. The molecule has 0 spiro atoms. The molecule has 0 saturated carbocycles.